The smallest absolute Gasteiger partial charge is 0.222 e. The first kappa shape index (κ1) is 12.4. The Balaban J connectivity index is 4.09. The van der Waals surface area contributed by atoms with Crippen LogP contribution in [0, 0.1) is 0 Å². The Morgan fingerprint density at radius 2 is 1.92 bits per heavy atom. The highest BCUT2D eigenvalue weighted by atomic mass is 16.3. The molecule has 2 N–H and O–H groups in total. The number of aliphatic hydroxyl groups is 2. The van der Waals surface area contributed by atoms with E-state index in [0.717, 1.165) is 0 Å². The van der Waals surface area contributed by atoms with Crippen molar-refractivity contribution in [2.45, 2.75) is 32.2 Å². The molecule has 0 saturated carbocycles. The van der Waals surface area contributed by atoms with Crippen molar-refractivity contribution in [3.8, 4) is 0 Å². The third-order valence-corrected chi connectivity index (χ3v) is 2.22. The van der Waals surface area contributed by atoms with Gasteiger partial charge in [0.05, 0.1) is 12.1 Å². The van der Waals surface area contributed by atoms with E-state index in [1.54, 1.807) is 20.9 Å². The van der Waals surface area contributed by atoms with Crippen LogP contribution < -0.4 is 0 Å². The number of carbonyl (C=O) groups excluding carboxylic acids is 1. The fourth-order valence-electron chi connectivity index (χ4n) is 0.842. The monoisotopic (exact) mass is 189 g/mol. The standard InChI is InChI=1S/C9H19NO3/c1-9(2,7-12)10(3)8(13)5-4-6-11/h11-12H,4-7H2,1-3H3. The highest BCUT2D eigenvalue weighted by molar-refractivity contribution is 5.76. The molecule has 0 radical (unpaired) electrons. The van der Waals surface area contributed by atoms with Gasteiger partial charge in [0, 0.05) is 20.1 Å². The topological polar surface area (TPSA) is 60.8 Å². The van der Waals surface area contributed by atoms with E-state index < -0.39 is 5.54 Å². The summed E-state index contributed by atoms with van der Waals surface area (Å²) in [7, 11) is 1.66. The van der Waals surface area contributed by atoms with Crippen LogP contribution in [0.4, 0.5) is 0 Å². The number of amides is 1. The third kappa shape index (κ3) is 3.74. The van der Waals surface area contributed by atoms with E-state index in [1.807, 2.05) is 0 Å². The van der Waals surface area contributed by atoms with Crippen LogP contribution in [0.5, 0.6) is 0 Å². The van der Waals surface area contributed by atoms with Gasteiger partial charge in [-0.1, -0.05) is 0 Å². The average molecular weight is 189 g/mol. The van der Waals surface area contributed by atoms with Gasteiger partial charge < -0.3 is 15.1 Å². The molecule has 0 atom stereocenters. The maximum Gasteiger partial charge on any atom is 0.222 e. The molecule has 0 fully saturated rings. The first-order chi connectivity index (χ1) is 5.95. The Labute approximate surface area is 79.2 Å². The first-order valence-electron chi connectivity index (χ1n) is 4.44. The molecule has 0 spiro atoms. The van der Waals surface area contributed by atoms with E-state index in [4.69, 9.17) is 10.2 Å². The molecule has 0 unspecified atom stereocenters. The van der Waals surface area contributed by atoms with Crippen LogP contribution in [0.1, 0.15) is 26.7 Å². The van der Waals surface area contributed by atoms with Crippen LogP contribution in [0.15, 0.2) is 0 Å². The second-order valence-electron chi connectivity index (χ2n) is 3.75. The van der Waals surface area contributed by atoms with Crippen molar-refractivity contribution in [2.24, 2.45) is 0 Å². The lowest BCUT2D eigenvalue weighted by molar-refractivity contribution is -0.136. The number of hydrogen-bond acceptors (Lipinski definition) is 3. The SMILES string of the molecule is CN(C(=O)CCCO)C(C)(C)CO. The molecule has 0 aromatic carbocycles. The number of rotatable bonds is 5. The van der Waals surface area contributed by atoms with E-state index in [1.165, 1.54) is 4.90 Å². The Morgan fingerprint density at radius 3 is 2.31 bits per heavy atom. The average Bonchev–Trinajstić information content (AvgIpc) is 2.12. The highest BCUT2D eigenvalue weighted by Gasteiger charge is 2.25. The molecule has 4 nitrogen and oxygen atoms in total. The van der Waals surface area contributed by atoms with E-state index in [2.05, 4.69) is 0 Å². The molecule has 0 saturated heterocycles. The summed E-state index contributed by atoms with van der Waals surface area (Å²) >= 11 is 0. The van der Waals surface area contributed by atoms with Crippen LogP contribution >= 0.6 is 0 Å². The molecule has 13 heavy (non-hydrogen) atoms. The fraction of sp³-hybridized carbons (Fsp3) is 0.889. The van der Waals surface area contributed by atoms with Gasteiger partial charge in [0.1, 0.15) is 0 Å². The minimum Gasteiger partial charge on any atom is -0.396 e. The summed E-state index contributed by atoms with van der Waals surface area (Å²) in [5.74, 6) is -0.0481. The minimum atomic E-state index is -0.521. The Morgan fingerprint density at radius 1 is 1.38 bits per heavy atom. The van der Waals surface area contributed by atoms with Crippen LogP contribution in [-0.2, 0) is 4.79 Å². The molecule has 0 aliphatic rings. The molecular weight excluding hydrogens is 170 g/mol. The molecular formula is C9H19NO3. The first-order valence-corrected chi connectivity index (χ1v) is 4.44. The molecule has 0 aromatic heterocycles. The normalized spacial score (nSPS) is 11.5. The van der Waals surface area contributed by atoms with Crippen molar-refractivity contribution in [1.82, 2.24) is 4.90 Å². The van der Waals surface area contributed by atoms with E-state index in [9.17, 15) is 4.79 Å². The zero-order valence-corrected chi connectivity index (χ0v) is 8.58. The van der Waals surface area contributed by atoms with E-state index in [0.29, 0.717) is 12.8 Å². The Kier molecular flexibility index (Phi) is 4.95. The third-order valence-electron chi connectivity index (χ3n) is 2.22. The van der Waals surface area contributed by atoms with Gasteiger partial charge in [-0.15, -0.1) is 0 Å². The molecule has 0 heterocycles. The molecule has 78 valence electrons. The molecule has 1 amide bonds. The lowest BCUT2D eigenvalue weighted by atomic mass is 10.0. The quantitative estimate of drug-likeness (QED) is 0.639. The number of aliphatic hydroxyl groups excluding tert-OH is 2. The fourth-order valence-corrected chi connectivity index (χ4v) is 0.842. The molecule has 0 aromatic rings. The van der Waals surface area contributed by atoms with Gasteiger partial charge in [-0.3, -0.25) is 4.79 Å². The maximum absolute atomic E-state index is 11.4. The van der Waals surface area contributed by atoms with Crippen molar-refractivity contribution in [1.29, 1.82) is 0 Å². The highest BCUT2D eigenvalue weighted by Crippen LogP contribution is 2.12. The predicted octanol–water partition coefficient (Wildman–Crippen LogP) is -0.0118. The van der Waals surface area contributed by atoms with Crippen molar-refractivity contribution in [2.75, 3.05) is 20.3 Å². The Hall–Kier alpha value is -0.610. The summed E-state index contributed by atoms with van der Waals surface area (Å²) in [6.07, 6.45) is 0.807. The van der Waals surface area contributed by atoms with Gasteiger partial charge in [-0.05, 0) is 20.3 Å². The zero-order valence-electron chi connectivity index (χ0n) is 8.58. The number of carbonyl (C=O) groups is 1. The predicted molar refractivity (Wildman–Crippen MR) is 50.3 cm³/mol. The van der Waals surface area contributed by atoms with Gasteiger partial charge in [-0.25, -0.2) is 0 Å². The largest absolute Gasteiger partial charge is 0.396 e. The van der Waals surface area contributed by atoms with Crippen LogP contribution in [-0.4, -0.2) is 46.8 Å². The second-order valence-corrected chi connectivity index (χ2v) is 3.75. The maximum atomic E-state index is 11.4. The molecule has 0 aliphatic carbocycles. The van der Waals surface area contributed by atoms with Gasteiger partial charge in [-0.2, -0.15) is 0 Å². The van der Waals surface area contributed by atoms with Crippen molar-refractivity contribution in [3.05, 3.63) is 0 Å². The van der Waals surface area contributed by atoms with Crippen molar-refractivity contribution < 1.29 is 15.0 Å². The summed E-state index contributed by atoms with van der Waals surface area (Å²) in [5.41, 5.74) is -0.521. The lowest BCUT2D eigenvalue weighted by Crippen LogP contribution is -2.47. The second kappa shape index (κ2) is 5.19. The van der Waals surface area contributed by atoms with E-state index in [-0.39, 0.29) is 19.1 Å². The van der Waals surface area contributed by atoms with Crippen LogP contribution in [0.2, 0.25) is 0 Å². The van der Waals surface area contributed by atoms with Gasteiger partial charge in [0.15, 0.2) is 0 Å². The van der Waals surface area contributed by atoms with Crippen LogP contribution in [0.25, 0.3) is 0 Å². The Bertz CT molecular complexity index is 168. The minimum absolute atomic E-state index is 0.0269. The van der Waals surface area contributed by atoms with Gasteiger partial charge in [0.25, 0.3) is 0 Å². The lowest BCUT2D eigenvalue weighted by Gasteiger charge is -2.34. The van der Waals surface area contributed by atoms with E-state index >= 15 is 0 Å². The molecule has 4 heteroatoms. The summed E-state index contributed by atoms with van der Waals surface area (Å²) < 4.78 is 0. The number of likely N-dealkylation sites (N-methyl/N-ethyl adjacent to an activating group) is 1. The molecule has 0 aliphatic heterocycles. The summed E-state index contributed by atoms with van der Waals surface area (Å²) in [4.78, 5) is 12.9. The molecule has 0 rings (SSSR count). The van der Waals surface area contributed by atoms with Crippen molar-refractivity contribution >= 4 is 5.91 Å². The zero-order chi connectivity index (χ0) is 10.5. The van der Waals surface area contributed by atoms with Gasteiger partial charge >= 0.3 is 0 Å². The molecule has 0 bridgehead atoms. The van der Waals surface area contributed by atoms with Crippen molar-refractivity contribution in [3.63, 3.8) is 0 Å². The summed E-state index contributed by atoms with van der Waals surface area (Å²) in [5, 5.41) is 17.5. The van der Waals surface area contributed by atoms with Gasteiger partial charge in [0.2, 0.25) is 5.91 Å². The van der Waals surface area contributed by atoms with Crippen LogP contribution in [0.3, 0.4) is 0 Å². The number of hydrogen-bond donors (Lipinski definition) is 2. The number of nitrogens with zero attached hydrogens (tertiary/aromatic N) is 1. The summed E-state index contributed by atoms with van der Waals surface area (Å²) in [6.45, 7) is 3.56. The summed E-state index contributed by atoms with van der Waals surface area (Å²) in [6, 6.07) is 0.